The highest BCUT2D eigenvalue weighted by Crippen LogP contribution is 2.29. The molecule has 0 aliphatic carbocycles. The fourth-order valence-electron chi connectivity index (χ4n) is 8.41. The molecule has 0 heterocycles. The van der Waals surface area contributed by atoms with E-state index < -0.39 is 277 Å². The van der Waals surface area contributed by atoms with Crippen LogP contribution in [-0.4, -0.2) is 325 Å². The number of carbonyl (C=O) groups excluding carboxylic acids is 15. The van der Waals surface area contributed by atoms with E-state index in [1.807, 2.05) is 0 Å². The van der Waals surface area contributed by atoms with E-state index in [1.54, 1.807) is 26.8 Å². The van der Waals surface area contributed by atoms with Crippen molar-refractivity contribution >= 4 is 217 Å². The van der Waals surface area contributed by atoms with Crippen LogP contribution < -0.4 is 31.9 Å². The molecule has 0 saturated heterocycles. The molecule has 0 aromatic heterocycles. The summed E-state index contributed by atoms with van der Waals surface area (Å²) in [6, 6.07) is 0. The number of ether oxygens (including phenoxy) is 17. The molecular weight excluding hydrogens is 2160 g/mol. The van der Waals surface area contributed by atoms with Crippen molar-refractivity contribution in [3.05, 3.63) is 12.7 Å². The molecule has 0 aliphatic heterocycles. The largest absolute Gasteiger partial charge is 0.463 e. The minimum Gasteiger partial charge on any atom is -0.463 e. The van der Waals surface area contributed by atoms with E-state index in [0.717, 1.165) is 0 Å². The third kappa shape index (κ3) is 52.5. The Morgan fingerprint density at radius 2 is 0.423 bits per heavy atom. The van der Waals surface area contributed by atoms with E-state index in [1.165, 1.54) is 111 Å². The molecule has 6 amide bonds. The molecule has 0 aromatic rings. The van der Waals surface area contributed by atoms with Crippen LogP contribution >= 0.6 is 127 Å². The SMILES string of the molecule is C=CCOCCOCCOCCOCCOCC(CNC(=O)COCC(=O)NC(COC(=O)C(C)(C)C)(COC(=O)C(C)(C)Br)COC(=O)C(C)(C)Br)(CNC(=O)COCC(=O)NC(COC(=O)C(C)(C)Br)(COC(=O)C(C)(C)Br)COC(=O)C(C)(C)Br)CNC(=O)COCC(=O)NC(COC(=O)C(C)(C)Br)(COC(=O)C(C)(C)Br)COC(=O)C(C)(C)Br. The van der Waals surface area contributed by atoms with Crippen molar-refractivity contribution in [2.75, 3.05) is 185 Å². The quantitative estimate of drug-likeness (QED) is 0.0143. The minimum atomic E-state index is -2.00. The maximum absolute atomic E-state index is 14.1. The van der Waals surface area contributed by atoms with Gasteiger partial charge >= 0.3 is 53.7 Å². The first-order chi connectivity index (χ1) is 56.2. The summed E-state index contributed by atoms with van der Waals surface area (Å²) in [4.78, 5) is 203. The predicted molar refractivity (Wildman–Crippen MR) is 473 cm³/mol. The van der Waals surface area contributed by atoms with Crippen LogP contribution in [0.2, 0.25) is 0 Å². The monoisotopic (exact) mass is 2270 g/mol. The first-order valence-electron chi connectivity index (χ1n) is 38.2. The Balaban J connectivity index is 7.93. The third-order valence-corrected chi connectivity index (χ3v) is 18.1. The highest BCUT2D eigenvalue weighted by molar-refractivity contribution is 9.11. The van der Waals surface area contributed by atoms with Crippen LogP contribution in [0.1, 0.15) is 132 Å². The normalized spacial score (nSPS) is 12.7. The molecule has 0 spiro atoms. The van der Waals surface area contributed by atoms with Gasteiger partial charge in [-0.15, -0.1) is 6.58 Å². The molecule has 0 aromatic carbocycles. The van der Waals surface area contributed by atoms with Crippen molar-refractivity contribution < 1.29 is 152 Å². The molecule has 123 heavy (non-hydrogen) atoms. The molecule has 38 nitrogen and oxygen atoms in total. The number of alkyl halides is 8. The molecule has 6 N–H and O–H groups in total. The molecule has 0 atom stereocenters. The maximum Gasteiger partial charge on any atom is 0.322 e. The highest BCUT2D eigenvalue weighted by atomic mass is 79.9. The Morgan fingerprint density at radius 1 is 0.244 bits per heavy atom. The smallest absolute Gasteiger partial charge is 0.322 e. The first-order valence-corrected chi connectivity index (χ1v) is 44.6. The van der Waals surface area contributed by atoms with Crippen LogP contribution in [-0.2, 0) is 152 Å². The topological polar surface area (TPSA) is 485 Å². The Morgan fingerprint density at radius 3 is 0.610 bits per heavy atom. The average molecular weight is 2280 g/mol. The minimum absolute atomic E-state index is 0.0737. The van der Waals surface area contributed by atoms with E-state index in [0.29, 0.717) is 19.8 Å². The number of amides is 6. The summed E-state index contributed by atoms with van der Waals surface area (Å²) in [7, 11) is 0. The summed E-state index contributed by atoms with van der Waals surface area (Å²) in [5, 5.41) is 15.7. The molecule has 0 aliphatic rings. The van der Waals surface area contributed by atoms with E-state index in [2.05, 4.69) is 166 Å². The van der Waals surface area contributed by atoms with Gasteiger partial charge in [-0.2, -0.15) is 0 Å². The lowest BCUT2D eigenvalue weighted by atomic mass is 9.88. The second kappa shape index (κ2) is 54.7. The Labute approximate surface area is 785 Å². The van der Waals surface area contributed by atoms with Gasteiger partial charge in [-0.3, -0.25) is 71.9 Å². The fourth-order valence-corrected chi connectivity index (χ4v) is 9.33. The summed E-state index contributed by atoms with van der Waals surface area (Å²) >= 11 is 25.8. The second-order valence-electron chi connectivity index (χ2n) is 33.3. The molecule has 0 fully saturated rings. The molecule has 0 radical (unpaired) electrons. The first kappa shape index (κ1) is 118. The van der Waals surface area contributed by atoms with Crippen LogP contribution in [0.3, 0.4) is 0 Å². The van der Waals surface area contributed by atoms with Crippen molar-refractivity contribution in [3.8, 4) is 0 Å². The second-order valence-corrected chi connectivity index (χ2v) is 49.1. The van der Waals surface area contributed by atoms with E-state index in [4.69, 9.17) is 80.5 Å². The molecule has 0 saturated carbocycles. The van der Waals surface area contributed by atoms with Gasteiger partial charge in [0.2, 0.25) is 35.4 Å². The lowest BCUT2D eigenvalue weighted by molar-refractivity contribution is -0.165. The van der Waals surface area contributed by atoms with Crippen molar-refractivity contribution in [1.82, 2.24) is 31.9 Å². The molecular formula is C77H122Br8N6O32. The van der Waals surface area contributed by atoms with Gasteiger partial charge < -0.3 is 112 Å². The summed E-state index contributed by atoms with van der Waals surface area (Å²) in [6.45, 7) is 19.0. The van der Waals surface area contributed by atoms with Crippen LogP contribution in [0.5, 0.6) is 0 Å². The van der Waals surface area contributed by atoms with E-state index in [9.17, 15) is 71.9 Å². The van der Waals surface area contributed by atoms with E-state index >= 15 is 0 Å². The van der Waals surface area contributed by atoms with E-state index in [-0.39, 0.29) is 39.6 Å². The standard InChI is InChI=1S/C77H122Br8N6O32/c1-21-22-107-23-24-108-25-26-109-27-28-110-29-30-111-40-74(37-86-50(92)31-112-34-53(95)89-75(41-115-56(98)65(2,3)4,42-116-57(99)66(5,6)78)43-117-58(100)67(7,8)79,38-87-51(93)32-113-35-54(96)90-76(44-118-59(101)68(9,10)80,45-119-60(102)69(11,12)81)46-120-61(103)70(13,14)82)39-88-52(94)33-114-36-55(97)91-77(47-121-62(104)71(15,16)83,48-122-63(105)72(17,18)84)49-123-64(106)73(19,20)85/h21H,1,22-49H2,2-20H3,(H,86,92)(H,87,93)(H,88,94)(H,89,95)(H,90,96)(H,91,97). The van der Waals surface area contributed by atoms with Crippen LogP contribution in [0.25, 0.3) is 0 Å². The molecule has 0 rings (SSSR count). The van der Waals surface area contributed by atoms with Gasteiger partial charge in [0.15, 0.2) is 0 Å². The number of esters is 9. The zero-order valence-corrected chi connectivity index (χ0v) is 85.9. The maximum atomic E-state index is 14.1. The highest BCUT2D eigenvalue weighted by Gasteiger charge is 2.46. The lowest BCUT2D eigenvalue weighted by Crippen LogP contribution is -2.61. The average Bonchev–Trinajstić information content (AvgIpc) is 0.842. The number of hydrogen-bond acceptors (Lipinski definition) is 32. The molecule has 0 bridgehead atoms. The molecule has 708 valence electrons. The van der Waals surface area contributed by atoms with Gasteiger partial charge in [-0.05, 0) is 132 Å². The number of carbonyl (C=O) groups is 15. The third-order valence-electron chi connectivity index (χ3n) is 15.5. The van der Waals surface area contributed by atoms with Gasteiger partial charge in [0.05, 0.1) is 71.5 Å². The van der Waals surface area contributed by atoms with Crippen molar-refractivity contribution in [3.63, 3.8) is 0 Å². The van der Waals surface area contributed by atoms with Gasteiger partial charge in [0, 0.05) is 25.0 Å². The number of halogens is 8. The fraction of sp³-hybridized carbons (Fsp3) is 0.779. The summed E-state index contributed by atoms with van der Waals surface area (Å²) in [5.41, 5.74) is -8.75. The summed E-state index contributed by atoms with van der Waals surface area (Å²) in [6.07, 6.45) is 1.61. The van der Waals surface area contributed by atoms with Crippen LogP contribution in [0.15, 0.2) is 12.7 Å². The predicted octanol–water partition coefficient (Wildman–Crippen LogP) is 5.53. The van der Waals surface area contributed by atoms with Crippen molar-refractivity contribution in [1.29, 1.82) is 0 Å². The zero-order chi connectivity index (χ0) is 94.9. The number of rotatable bonds is 63. The Kier molecular flexibility index (Phi) is 52.6. The van der Waals surface area contributed by atoms with Crippen LogP contribution in [0.4, 0.5) is 0 Å². The molecule has 0 unspecified atom stereocenters. The Bertz CT molecular complexity index is 2930. The van der Waals surface area contributed by atoms with Gasteiger partial charge in [0.25, 0.3) is 0 Å². The van der Waals surface area contributed by atoms with Crippen LogP contribution in [0, 0.1) is 10.8 Å². The van der Waals surface area contributed by atoms with Gasteiger partial charge in [-0.1, -0.05) is 134 Å². The van der Waals surface area contributed by atoms with Crippen molar-refractivity contribution in [2.45, 2.75) is 183 Å². The van der Waals surface area contributed by atoms with Gasteiger partial charge in [0.1, 0.15) is 150 Å². The lowest BCUT2D eigenvalue weighted by Gasteiger charge is -2.35. The molecule has 46 heteroatoms. The summed E-state index contributed by atoms with van der Waals surface area (Å²) in [5.74, 6) is -13.3. The number of hydrogen-bond donors (Lipinski definition) is 6. The van der Waals surface area contributed by atoms with Crippen molar-refractivity contribution in [2.24, 2.45) is 10.8 Å². The van der Waals surface area contributed by atoms with Gasteiger partial charge in [-0.25, -0.2) is 0 Å². The Hall–Kier alpha value is -4.69. The zero-order valence-electron chi connectivity index (χ0n) is 73.2. The number of nitrogens with one attached hydrogen (secondary N) is 6. The summed E-state index contributed by atoms with van der Waals surface area (Å²) < 4.78 is 84.9.